The molecule has 11 heteroatoms. The summed E-state index contributed by atoms with van der Waals surface area (Å²) in [6, 6.07) is 6.08. The molecule has 2 aromatic heterocycles. The molecule has 1 unspecified atom stereocenters. The maximum atomic E-state index is 13.4. The van der Waals surface area contributed by atoms with E-state index in [1.54, 1.807) is 19.9 Å². The van der Waals surface area contributed by atoms with Crippen molar-refractivity contribution in [2.75, 3.05) is 0 Å². The molecular weight excluding hydrogens is 423 g/mol. The number of hydrogen-bond acceptors (Lipinski definition) is 6. The first-order valence-electron chi connectivity index (χ1n) is 9.79. The second-order valence-electron chi connectivity index (χ2n) is 7.66. The van der Waals surface area contributed by atoms with Crippen LogP contribution in [0.4, 0.5) is 13.2 Å². The van der Waals surface area contributed by atoms with Crippen LogP contribution in [0.3, 0.4) is 0 Å². The van der Waals surface area contributed by atoms with Gasteiger partial charge in [-0.05, 0) is 56.5 Å². The van der Waals surface area contributed by atoms with E-state index < -0.39 is 29.1 Å². The predicted molar refractivity (Wildman–Crippen MR) is 106 cm³/mol. The van der Waals surface area contributed by atoms with Crippen LogP contribution in [0.1, 0.15) is 58.9 Å². The summed E-state index contributed by atoms with van der Waals surface area (Å²) in [5.41, 5.74) is -1.92. The maximum Gasteiger partial charge on any atom is 0.416 e. The molecule has 0 saturated heterocycles. The Morgan fingerprint density at radius 1 is 1.25 bits per heavy atom. The number of alkyl halides is 3. The van der Waals surface area contributed by atoms with Gasteiger partial charge >= 0.3 is 6.18 Å². The van der Waals surface area contributed by atoms with Crippen molar-refractivity contribution >= 4 is 5.91 Å². The molecule has 3 aromatic rings. The number of nitriles is 1. The maximum absolute atomic E-state index is 13.4. The average Bonchev–Trinajstić information content (AvgIpc) is 3.48. The highest BCUT2D eigenvalue weighted by atomic mass is 19.4. The van der Waals surface area contributed by atoms with Crippen LogP contribution in [0.2, 0.25) is 0 Å². The number of aromatic nitrogens is 5. The highest BCUT2D eigenvalue weighted by molar-refractivity contribution is 5.95. The number of halogens is 3. The number of carbonyl (C=O) groups is 1. The predicted octanol–water partition coefficient (Wildman–Crippen LogP) is 3.43. The van der Waals surface area contributed by atoms with Crippen molar-refractivity contribution in [1.82, 2.24) is 30.0 Å². The van der Waals surface area contributed by atoms with Gasteiger partial charge < -0.3 is 5.32 Å². The first kappa shape index (κ1) is 21.4. The highest BCUT2D eigenvalue weighted by Crippen LogP contribution is 2.48. The molecule has 4 rings (SSSR count). The molecule has 1 saturated carbocycles. The molecule has 164 valence electrons. The quantitative estimate of drug-likeness (QED) is 0.650. The lowest BCUT2D eigenvalue weighted by molar-refractivity contribution is -0.137. The van der Waals surface area contributed by atoms with E-state index in [1.165, 1.54) is 23.1 Å². The highest BCUT2D eigenvalue weighted by Gasteiger charge is 2.46. The molecule has 8 nitrogen and oxygen atoms in total. The van der Waals surface area contributed by atoms with E-state index >= 15 is 0 Å². The van der Waals surface area contributed by atoms with Crippen LogP contribution >= 0.6 is 0 Å². The third kappa shape index (κ3) is 4.03. The molecule has 0 radical (unpaired) electrons. The first-order chi connectivity index (χ1) is 15.1. The summed E-state index contributed by atoms with van der Waals surface area (Å²) in [6.45, 7) is 3.29. The zero-order chi connectivity index (χ0) is 23.1. The topological polar surface area (TPSA) is 109 Å². The Morgan fingerprint density at radius 3 is 2.53 bits per heavy atom. The van der Waals surface area contributed by atoms with Crippen LogP contribution in [0.15, 0.2) is 36.7 Å². The van der Waals surface area contributed by atoms with Crippen LogP contribution in [-0.2, 0) is 11.6 Å². The zero-order valence-corrected chi connectivity index (χ0v) is 17.2. The van der Waals surface area contributed by atoms with Gasteiger partial charge in [0.15, 0.2) is 5.82 Å². The second kappa shape index (κ2) is 7.71. The van der Waals surface area contributed by atoms with Gasteiger partial charge in [0.25, 0.3) is 11.9 Å². The number of hydrogen-bond donors (Lipinski definition) is 1. The van der Waals surface area contributed by atoms with Crippen LogP contribution in [0.25, 0.3) is 5.95 Å². The summed E-state index contributed by atoms with van der Waals surface area (Å²) in [5.74, 6) is 0.263. The van der Waals surface area contributed by atoms with Crippen molar-refractivity contribution in [3.63, 3.8) is 0 Å². The van der Waals surface area contributed by atoms with E-state index in [-0.39, 0.29) is 17.1 Å². The molecule has 0 bridgehead atoms. The minimum absolute atomic E-state index is 0.179. The lowest BCUT2D eigenvalue weighted by atomic mass is 9.93. The monoisotopic (exact) mass is 441 g/mol. The van der Waals surface area contributed by atoms with Crippen molar-refractivity contribution < 1.29 is 18.0 Å². The van der Waals surface area contributed by atoms with Crippen molar-refractivity contribution in [3.05, 3.63) is 65.0 Å². The van der Waals surface area contributed by atoms with E-state index in [2.05, 4.69) is 31.4 Å². The fourth-order valence-corrected chi connectivity index (χ4v) is 3.39. The van der Waals surface area contributed by atoms with Gasteiger partial charge in [-0.15, -0.1) is 5.10 Å². The van der Waals surface area contributed by atoms with Crippen molar-refractivity contribution in [1.29, 1.82) is 5.26 Å². The molecule has 1 aliphatic carbocycles. The van der Waals surface area contributed by atoms with Crippen molar-refractivity contribution in [3.8, 4) is 12.0 Å². The molecule has 1 amide bonds. The molecule has 1 fully saturated rings. The SMILES string of the molecule is Cc1nc(C(C)NC(=O)c2cc(C(F)(F)F)cc(C3(C#N)CC3)c2)n(-c2ncccn2)n1. The largest absolute Gasteiger partial charge is 0.416 e. The van der Waals surface area contributed by atoms with Crippen LogP contribution in [-0.4, -0.2) is 30.6 Å². The summed E-state index contributed by atoms with van der Waals surface area (Å²) >= 11 is 0. The number of amides is 1. The Kier molecular flexibility index (Phi) is 5.16. The molecule has 32 heavy (non-hydrogen) atoms. The lowest BCUT2D eigenvalue weighted by Crippen LogP contribution is -2.29. The molecule has 1 atom stereocenters. The fraction of sp³-hybridized carbons (Fsp3) is 0.333. The third-order valence-electron chi connectivity index (χ3n) is 5.25. The number of nitrogens with one attached hydrogen (secondary N) is 1. The number of carbonyl (C=O) groups excluding carboxylic acids is 1. The van der Waals surface area contributed by atoms with Crippen molar-refractivity contribution in [2.24, 2.45) is 0 Å². The molecule has 1 N–H and O–H groups in total. The van der Waals surface area contributed by atoms with Crippen molar-refractivity contribution in [2.45, 2.75) is 44.3 Å². The minimum atomic E-state index is -4.65. The summed E-state index contributed by atoms with van der Waals surface area (Å²) < 4.78 is 41.7. The van der Waals surface area contributed by atoms with Gasteiger partial charge in [0, 0.05) is 18.0 Å². The van der Waals surface area contributed by atoms with E-state index in [0.717, 1.165) is 12.1 Å². The molecular formula is C21H18F3N7O. The van der Waals surface area contributed by atoms with Gasteiger partial charge in [-0.1, -0.05) is 0 Å². The first-order valence-corrected chi connectivity index (χ1v) is 9.79. The molecule has 0 aliphatic heterocycles. The summed E-state index contributed by atoms with van der Waals surface area (Å²) in [6.07, 6.45) is -0.674. The fourth-order valence-electron chi connectivity index (χ4n) is 3.39. The standard InChI is InChI=1S/C21H18F3N7O/c1-12(17-29-13(2)30-31(17)19-26-6-3-7-27-19)28-18(32)14-8-15(20(11-25)4-5-20)10-16(9-14)21(22,23)24/h3,6-10,12H,4-5H2,1-2H3,(H,28,32). The number of nitrogens with zero attached hydrogens (tertiary/aromatic N) is 6. The Morgan fingerprint density at radius 2 is 1.94 bits per heavy atom. The Labute approximate surface area is 181 Å². The third-order valence-corrected chi connectivity index (χ3v) is 5.25. The molecule has 0 spiro atoms. The van der Waals surface area contributed by atoms with Gasteiger partial charge in [0.1, 0.15) is 5.82 Å². The molecule has 1 aromatic carbocycles. The Hall–Kier alpha value is -3.81. The number of rotatable bonds is 5. The second-order valence-corrected chi connectivity index (χ2v) is 7.66. The van der Waals surface area contributed by atoms with E-state index in [4.69, 9.17) is 0 Å². The Bertz CT molecular complexity index is 1210. The van der Waals surface area contributed by atoms with Gasteiger partial charge in [-0.25, -0.2) is 15.0 Å². The lowest BCUT2D eigenvalue weighted by Gasteiger charge is -2.17. The van der Waals surface area contributed by atoms with Crippen LogP contribution < -0.4 is 5.32 Å². The zero-order valence-electron chi connectivity index (χ0n) is 17.2. The van der Waals surface area contributed by atoms with Crippen LogP contribution in [0, 0.1) is 18.3 Å². The van der Waals surface area contributed by atoms with Crippen LogP contribution in [0.5, 0.6) is 0 Å². The summed E-state index contributed by atoms with van der Waals surface area (Å²) in [4.78, 5) is 25.4. The van der Waals surface area contributed by atoms with E-state index in [9.17, 15) is 23.2 Å². The summed E-state index contributed by atoms with van der Waals surface area (Å²) in [5, 5.41) is 16.3. The molecule has 1 aliphatic rings. The van der Waals surface area contributed by atoms with Gasteiger partial charge in [-0.2, -0.15) is 23.1 Å². The molecule has 2 heterocycles. The number of benzene rings is 1. The smallest absolute Gasteiger partial charge is 0.342 e. The normalized spacial score (nSPS) is 15.6. The number of aryl methyl sites for hydroxylation is 1. The summed E-state index contributed by atoms with van der Waals surface area (Å²) in [7, 11) is 0. The van der Waals surface area contributed by atoms with E-state index in [1.807, 2.05) is 0 Å². The average molecular weight is 441 g/mol. The minimum Gasteiger partial charge on any atom is -0.342 e. The van der Waals surface area contributed by atoms with Gasteiger partial charge in [-0.3, -0.25) is 4.79 Å². The van der Waals surface area contributed by atoms with E-state index in [0.29, 0.717) is 24.5 Å². The van der Waals surface area contributed by atoms with Gasteiger partial charge in [0.2, 0.25) is 0 Å². The Balaban J connectivity index is 1.65. The van der Waals surface area contributed by atoms with Gasteiger partial charge in [0.05, 0.1) is 23.1 Å².